The number of anilines is 1. The van der Waals surface area contributed by atoms with E-state index in [1.165, 1.54) is 0 Å². The molecule has 5 heteroatoms. The number of carboxylic acid groups (broad SMARTS) is 1. The van der Waals surface area contributed by atoms with Crippen LogP contribution >= 0.6 is 11.6 Å². The number of nitrogens with zero attached hydrogens (tertiary/aromatic N) is 1. The number of hydrogen-bond acceptors (Lipinski definition) is 2. The molecule has 1 heterocycles. The Kier molecular flexibility index (Phi) is 3.62. The highest BCUT2D eigenvalue weighted by molar-refractivity contribution is 6.32. The van der Waals surface area contributed by atoms with Crippen LogP contribution in [0, 0.1) is 0 Å². The van der Waals surface area contributed by atoms with Gasteiger partial charge in [-0.2, -0.15) is 0 Å². The summed E-state index contributed by atoms with van der Waals surface area (Å²) in [5.41, 5.74) is 2.89. The van der Waals surface area contributed by atoms with Crippen molar-refractivity contribution in [3.05, 3.63) is 64.2 Å². The molecule has 1 unspecified atom stereocenters. The van der Waals surface area contributed by atoms with E-state index in [1.807, 2.05) is 0 Å². The number of hydrogen-bond donors (Lipinski definition) is 1. The van der Waals surface area contributed by atoms with E-state index in [2.05, 4.69) is 0 Å². The number of halogens is 1. The molecule has 3 rings (SSSR count). The summed E-state index contributed by atoms with van der Waals surface area (Å²) in [5.74, 6) is -1.53. The van der Waals surface area contributed by atoms with Crippen LogP contribution in [0.2, 0.25) is 5.02 Å². The van der Waals surface area contributed by atoms with Gasteiger partial charge in [-0.25, -0.2) is 0 Å². The first-order valence-corrected chi connectivity index (χ1v) is 7.29. The van der Waals surface area contributed by atoms with Crippen molar-refractivity contribution in [2.75, 3.05) is 4.90 Å². The van der Waals surface area contributed by atoms with Crippen molar-refractivity contribution >= 4 is 29.2 Å². The molecule has 0 saturated carbocycles. The molecule has 0 saturated heterocycles. The number of benzene rings is 2. The van der Waals surface area contributed by atoms with Gasteiger partial charge in [0, 0.05) is 21.8 Å². The van der Waals surface area contributed by atoms with E-state index < -0.39 is 11.9 Å². The van der Waals surface area contributed by atoms with Gasteiger partial charge in [0.15, 0.2) is 0 Å². The summed E-state index contributed by atoms with van der Waals surface area (Å²) in [5, 5.41) is 9.62. The Balaban J connectivity index is 1.89. The lowest BCUT2D eigenvalue weighted by atomic mass is 10.0. The predicted octanol–water partition coefficient (Wildman–Crippen LogP) is 3.69. The molecule has 0 aliphatic carbocycles. The Hall–Kier alpha value is -2.33. The number of aliphatic carboxylic acids is 1. The van der Waals surface area contributed by atoms with Crippen LogP contribution in [0.3, 0.4) is 0 Å². The Bertz CT molecular complexity index is 755. The molecule has 0 bridgehead atoms. The minimum atomic E-state index is -0.871. The molecular formula is C17H14ClNO3. The topological polar surface area (TPSA) is 57.6 Å². The standard InChI is InChI=1S/C17H14ClNO3/c1-10(17(21)22)11-5-7-12(8-6-11)19-9-14-13(16(19)20)3-2-4-15(14)18/h2-8,10H,9H2,1H3,(H,21,22). The van der Waals surface area contributed by atoms with Crippen LogP contribution in [0.5, 0.6) is 0 Å². The lowest BCUT2D eigenvalue weighted by Gasteiger charge is -2.17. The Morgan fingerprint density at radius 1 is 1.23 bits per heavy atom. The Morgan fingerprint density at radius 3 is 2.50 bits per heavy atom. The number of carbonyl (C=O) groups is 2. The molecule has 1 aliphatic heterocycles. The molecule has 0 fully saturated rings. The van der Waals surface area contributed by atoms with Crippen molar-refractivity contribution in [2.24, 2.45) is 0 Å². The third-order valence-electron chi connectivity index (χ3n) is 3.99. The highest BCUT2D eigenvalue weighted by Gasteiger charge is 2.30. The van der Waals surface area contributed by atoms with Crippen molar-refractivity contribution in [2.45, 2.75) is 19.4 Å². The Morgan fingerprint density at radius 2 is 1.91 bits per heavy atom. The molecule has 0 radical (unpaired) electrons. The summed E-state index contributed by atoms with van der Waals surface area (Å²) < 4.78 is 0. The van der Waals surface area contributed by atoms with Crippen molar-refractivity contribution in [1.29, 1.82) is 0 Å². The van der Waals surface area contributed by atoms with Crippen molar-refractivity contribution in [1.82, 2.24) is 0 Å². The normalized spacial score (nSPS) is 14.8. The molecule has 1 N–H and O–H groups in total. The van der Waals surface area contributed by atoms with Crippen LogP contribution in [0.4, 0.5) is 5.69 Å². The van der Waals surface area contributed by atoms with Crippen LogP contribution in [0.25, 0.3) is 0 Å². The third-order valence-corrected chi connectivity index (χ3v) is 4.34. The van der Waals surface area contributed by atoms with E-state index in [4.69, 9.17) is 16.7 Å². The van der Waals surface area contributed by atoms with E-state index in [9.17, 15) is 9.59 Å². The number of carboxylic acids is 1. The fourth-order valence-corrected chi connectivity index (χ4v) is 2.82. The molecule has 2 aromatic rings. The summed E-state index contributed by atoms with van der Waals surface area (Å²) in [4.78, 5) is 25.1. The quantitative estimate of drug-likeness (QED) is 0.939. The molecule has 0 aromatic heterocycles. The first kappa shape index (κ1) is 14.6. The van der Waals surface area contributed by atoms with Crippen LogP contribution in [-0.4, -0.2) is 17.0 Å². The number of rotatable bonds is 3. The average Bonchev–Trinajstić information content (AvgIpc) is 2.85. The van der Waals surface area contributed by atoms with Gasteiger partial charge in [-0.05, 0) is 36.8 Å². The minimum absolute atomic E-state index is 0.0865. The molecule has 1 atom stereocenters. The fourth-order valence-electron chi connectivity index (χ4n) is 2.59. The molecule has 2 aromatic carbocycles. The van der Waals surface area contributed by atoms with Crippen molar-refractivity contribution in [3.8, 4) is 0 Å². The van der Waals surface area contributed by atoms with Crippen LogP contribution < -0.4 is 4.90 Å². The van der Waals surface area contributed by atoms with E-state index in [0.29, 0.717) is 22.7 Å². The van der Waals surface area contributed by atoms with Gasteiger partial charge in [-0.15, -0.1) is 0 Å². The van der Waals surface area contributed by atoms with Crippen molar-refractivity contribution in [3.63, 3.8) is 0 Å². The van der Waals surface area contributed by atoms with Gasteiger partial charge in [-0.1, -0.05) is 29.8 Å². The zero-order valence-electron chi connectivity index (χ0n) is 11.9. The second-order valence-corrected chi connectivity index (χ2v) is 5.72. The first-order chi connectivity index (χ1) is 10.5. The molecular weight excluding hydrogens is 302 g/mol. The molecule has 112 valence electrons. The van der Waals surface area contributed by atoms with Crippen LogP contribution in [-0.2, 0) is 11.3 Å². The van der Waals surface area contributed by atoms with Gasteiger partial charge in [-0.3, -0.25) is 9.59 Å². The fraction of sp³-hybridized carbons (Fsp3) is 0.176. The smallest absolute Gasteiger partial charge is 0.310 e. The zero-order valence-corrected chi connectivity index (χ0v) is 12.7. The molecule has 0 spiro atoms. The van der Waals surface area contributed by atoms with Gasteiger partial charge < -0.3 is 10.0 Å². The van der Waals surface area contributed by atoms with Gasteiger partial charge in [0.25, 0.3) is 5.91 Å². The lowest BCUT2D eigenvalue weighted by Crippen LogP contribution is -2.23. The summed E-state index contributed by atoms with van der Waals surface area (Å²) in [6, 6.07) is 12.3. The molecule has 1 amide bonds. The summed E-state index contributed by atoms with van der Waals surface area (Å²) in [6.45, 7) is 2.07. The summed E-state index contributed by atoms with van der Waals surface area (Å²) in [6.07, 6.45) is 0. The van der Waals surface area contributed by atoms with Gasteiger partial charge in [0.2, 0.25) is 0 Å². The zero-order chi connectivity index (χ0) is 15.9. The number of amides is 1. The lowest BCUT2D eigenvalue weighted by molar-refractivity contribution is -0.138. The second-order valence-electron chi connectivity index (χ2n) is 5.31. The molecule has 1 aliphatic rings. The maximum Gasteiger partial charge on any atom is 0.310 e. The third kappa shape index (κ3) is 2.35. The van der Waals surface area contributed by atoms with Gasteiger partial charge >= 0.3 is 5.97 Å². The maximum atomic E-state index is 12.4. The molecule has 22 heavy (non-hydrogen) atoms. The van der Waals surface area contributed by atoms with E-state index >= 15 is 0 Å². The van der Waals surface area contributed by atoms with Crippen LogP contribution in [0.1, 0.15) is 34.3 Å². The average molecular weight is 316 g/mol. The Labute approximate surface area is 132 Å². The predicted molar refractivity (Wildman–Crippen MR) is 84.5 cm³/mol. The minimum Gasteiger partial charge on any atom is -0.481 e. The number of fused-ring (bicyclic) bond motifs is 1. The monoisotopic (exact) mass is 315 g/mol. The van der Waals surface area contributed by atoms with E-state index in [1.54, 1.807) is 54.3 Å². The van der Waals surface area contributed by atoms with Crippen LogP contribution in [0.15, 0.2) is 42.5 Å². The second kappa shape index (κ2) is 5.46. The SMILES string of the molecule is CC(C(=O)O)c1ccc(N2Cc3c(Cl)cccc3C2=O)cc1. The highest BCUT2D eigenvalue weighted by Crippen LogP contribution is 2.33. The number of carbonyl (C=O) groups excluding carboxylic acids is 1. The van der Waals surface area contributed by atoms with Gasteiger partial charge in [0.05, 0.1) is 12.5 Å². The van der Waals surface area contributed by atoms with Crippen molar-refractivity contribution < 1.29 is 14.7 Å². The van der Waals surface area contributed by atoms with E-state index in [0.717, 1.165) is 11.3 Å². The highest BCUT2D eigenvalue weighted by atomic mass is 35.5. The largest absolute Gasteiger partial charge is 0.481 e. The maximum absolute atomic E-state index is 12.4. The first-order valence-electron chi connectivity index (χ1n) is 6.91. The van der Waals surface area contributed by atoms with E-state index in [-0.39, 0.29) is 5.91 Å². The summed E-state index contributed by atoms with van der Waals surface area (Å²) >= 11 is 6.15. The molecule has 4 nitrogen and oxygen atoms in total. The van der Waals surface area contributed by atoms with Gasteiger partial charge in [0.1, 0.15) is 0 Å². The summed E-state index contributed by atoms with van der Waals surface area (Å²) in [7, 11) is 0.